The molecule has 0 saturated heterocycles. The van der Waals surface area contributed by atoms with Crippen LogP contribution in [0, 0.1) is 5.82 Å². The van der Waals surface area contributed by atoms with Crippen LogP contribution in [-0.2, 0) is 0 Å². The number of rotatable bonds is 5. The summed E-state index contributed by atoms with van der Waals surface area (Å²) in [5.74, 6) is -0.304. The first-order valence-corrected chi connectivity index (χ1v) is 6.29. The molecule has 0 heterocycles. The molecule has 0 fully saturated rings. The molecule has 1 N–H and O–H groups in total. The Hall–Kier alpha value is -0.860. The first-order chi connectivity index (χ1) is 8.04. The molecule has 0 spiro atoms. The van der Waals surface area contributed by atoms with E-state index < -0.39 is 0 Å². The highest BCUT2D eigenvalue weighted by atomic mass is 35.5. The molecule has 17 heavy (non-hydrogen) atoms. The van der Waals surface area contributed by atoms with Gasteiger partial charge in [0, 0.05) is 6.04 Å². The van der Waals surface area contributed by atoms with Gasteiger partial charge in [-0.1, -0.05) is 36.2 Å². The van der Waals surface area contributed by atoms with Gasteiger partial charge in [0.2, 0.25) is 0 Å². The fourth-order valence-corrected chi connectivity index (χ4v) is 1.73. The lowest BCUT2D eigenvalue weighted by molar-refractivity contribution is 0.604. The van der Waals surface area contributed by atoms with E-state index in [1.54, 1.807) is 6.07 Å². The zero-order valence-electron chi connectivity index (χ0n) is 10.6. The van der Waals surface area contributed by atoms with E-state index >= 15 is 0 Å². The van der Waals surface area contributed by atoms with E-state index in [-0.39, 0.29) is 5.82 Å². The summed E-state index contributed by atoms with van der Waals surface area (Å²) in [5, 5.41) is 3.85. The van der Waals surface area contributed by atoms with Crippen molar-refractivity contribution in [3.63, 3.8) is 0 Å². The maximum absolute atomic E-state index is 12.9. The number of halogens is 2. The average molecular weight is 256 g/mol. The first kappa shape index (κ1) is 14.2. The van der Waals surface area contributed by atoms with Gasteiger partial charge in [-0.05, 0) is 44.5 Å². The molecule has 0 radical (unpaired) electrons. The minimum absolute atomic E-state index is 0.302. The predicted octanol–water partition coefficient (Wildman–Crippen LogP) is 4.27. The molecule has 1 aromatic carbocycles. The molecule has 1 rings (SSSR count). The summed E-state index contributed by atoms with van der Waals surface area (Å²) in [6, 6.07) is 4.77. The second kappa shape index (κ2) is 6.77. The maximum atomic E-state index is 12.9. The van der Waals surface area contributed by atoms with E-state index in [0.717, 1.165) is 18.5 Å². The van der Waals surface area contributed by atoms with Crippen LogP contribution >= 0.6 is 11.6 Å². The van der Waals surface area contributed by atoms with Gasteiger partial charge in [-0.25, -0.2) is 4.39 Å². The van der Waals surface area contributed by atoms with Gasteiger partial charge >= 0.3 is 0 Å². The summed E-state index contributed by atoms with van der Waals surface area (Å²) >= 11 is 5.98. The fraction of sp³-hybridized carbons (Fsp3) is 0.429. The quantitative estimate of drug-likeness (QED) is 0.829. The normalized spacial score (nSPS) is 13.8. The van der Waals surface area contributed by atoms with Crippen LogP contribution in [0.1, 0.15) is 32.8 Å². The van der Waals surface area contributed by atoms with Crippen LogP contribution in [-0.4, -0.2) is 12.6 Å². The summed E-state index contributed by atoms with van der Waals surface area (Å²) in [4.78, 5) is 0. The minimum Gasteiger partial charge on any atom is -0.311 e. The van der Waals surface area contributed by atoms with Gasteiger partial charge in [-0.2, -0.15) is 0 Å². The molecule has 1 aromatic rings. The Kier molecular flexibility index (Phi) is 5.66. The van der Waals surface area contributed by atoms with Gasteiger partial charge in [-0.15, -0.1) is 0 Å². The molecule has 0 saturated carbocycles. The second-order valence-electron chi connectivity index (χ2n) is 4.23. The van der Waals surface area contributed by atoms with Crippen molar-refractivity contribution >= 4 is 17.7 Å². The number of benzene rings is 1. The molecule has 0 bridgehead atoms. The third kappa shape index (κ3) is 4.49. The molecule has 3 heteroatoms. The summed E-state index contributed by atoms with van der Waals surface area (Å²) in [6.45, 7) is 7.28. The van der Waals surface area contributed by atoms with Crippen molar-refractivity contribution in [2.45, 2.75) is 33.2 Å². The Bertz CT molecular complexity index is 401. The molecular weight excluding hydrogens is 237 g/mol. The van der Waals surface area contributed by atoms with E-state index in [0.29, 0.717) is 11.1 Å². The van der Waals surface area contributed by atoms with Crippen molar-refractivity contribution in [1.82, 2.24) is 5.32 Å². The second-order valence-corrected chi connectivity index (χ2v) is 4.64. The molecule has 94 valence electrons. The van der Waals surface area contributed by atoms with Crippen LogP contribution in [0.2, 0.25) is 5.02 Å². The van der Waals surface area contributed by atoms with Gasteiger partial charge in [0.15, 0.2) is 0 Å². The highest BCUT2D eigenvalue weighted by Gasteiger charge is 2.05. The van der Waals surface area contributed by atoms with E-state index in [1.807, 2.05) is 13.0 Å². The van der Waals surface area contributed by atoms with E-state index in [4.69, 9.17) is 11.6 Å². The number of hydrogen-bond donors (Lipinski definition) is 1. The van der Waals surface area contributed by atoms with Crippen molar-refractivity contribution in [1.29, 1.82) is 0 Å². The highest BCUT2D eigenvalue weighted by Crippen LogP contribution is 2.20. The lowest BCUT2D eigenvalue weighted by Crippen LogP contribution is -2.27. The van der Waals surface area contributed by atoms with Crippen LogP contribution in [0.4, 0.5) is 4.39 Å². The molecule has 0 aliphatic rings. The SMILES string of the molecule is CCCNC(C)/C(C)=C/c1ccc(F)cc1Cl. The third-order valence-corrected chi connectivity index (χ3v) is 3.06. The standard InChI is InChI=1S/C14H19ClFN/c1-4-7-17-11(3)10(2)8-12-5-6-13(16)9-14(12)15/h5-6,8-9,11,17H,4,7H2,1-3H3/b10-8+. The minimum atomic E-state index is -0.304. The van der Waals surface area contributed by atoms with Gasteiger partial charge in [0.25, 0.3) is 0 Å². The van der Waals surface area contributed by atoms with Crippen LogP contribution < -0.4 is 5.32 Å². The Balaban J connectivity index is 2.79. The Morgan fingerprint density at radius 1 is 1.53 bits per heavy atom. The van der Waals surface area contributed by atoms with Gasteiger partial charge in [0.1, 0.15) is 5.82 Å². The summed E-state index contributed by atoms with van der Waals surface area (Å²) in [7, 11) is 0. The Labute approximate surface area is 108 Å². The summed E-state index contributed by atoms with van der Waals surface area (Å²) in [6.07, 6.45) is 3.10. The highest BCUT2D eigenvalue weighted by molar-refractivity contribution is 6.32. The number of hydrogen-bond acceptors (Lipinski definition) is 1. The van der Waals surface area contributed by atoms with Gasteiger partial charge in [-0.3, -0.25) is 0 Å². The smallest absolute Gasteiger partial charge is 0.124 e. The van der Waals surface area contributed by atoms with Crippen molar-refractivity contribution in [3.8, 4) is 0 Å². The molecule has 0 aliphatic carbocycles. The van der Waals surface area contributed by atoms with Crippen LogP contribution in [0.15, 0.2) is 23.8 Å². The molecule has 1 nitrogen and oxygen atoms in total. The Morgan fingerprint density at radius 3 is 2.82 bits per heavy atom. The van der Waals surface area contributed by atoms with E-state index in [2.05, 4.69) is 19.2 Å². The largest absolute Gasteiger partial charge is 0.311 e. The molecule has 0 amide bonds. The number of nitrogens with one attached hydrogen (secondary N) is 1. The van der Waals surface area contributed by atoms with Crippen molar-refractivity contribution in [3.05, 3.63) is 40.2 Å². The Morgan fingerprint density at radius 2 is 2.24 bits per heavy atom. The third-order valence-electron chi connectivity index (χ3n) is 2.73. The zero-order chi connectivity index (χ0) is 12.8. The molecule has 1 unspecified atom stereocenters. The van der Waals surface area contributed by atoms with Crippen molar-refractivity contribution in [2.75, 3.05) is 6.54 Å². The molecule has 0 aromatic heterocycles. The van der Waals surface area contributed by atoms with Crippen molar-refractivity contribution in [2.24, 2.45) is 0 Å². The topological polar surface area (TPSA) is 12.0 Å². The molecule has 0 aliphatic heterocycles. The van der Waals surface area contributed by atoms with Crippen LogP contribution in [0.25, 0.3) is 6.08 Å². The first-order valence-electron chi connectivity index (χ1n) is 5.91. The summed E-state index contributed by atoms with van der Waals surface area (Å²) < 4.78 is 12.9. The molecular formula is C14H19ClFN. The lowest BCUT2D eigenvalue weighted by atomic mass is 10.1. The zero-order valence-corrected chi connectivity index (χ0v) is 11.3. The average Bonchev–Trinajstić information content (AvgIpc) is 2.29. The van der Waals surface area contributed by atoms with Crippen LogP contribution in [0.3, 0.4) is 0 Å². The maximum Gasteiger partial charge on any atom is 0.124 e. The van der Waals surface area contributed by atoms with E-state index in [9.17, 15) is 4.39 Å². The van der Waals surface area contributed by atoms with Gasteiger partial charge in [0.05, 0.1) is 5.02 Å². The van der Waals surface area contributed by atoms with Gasteiger partial charge < -0.3 is 5.32 Å². The van der Waals surface area contributed by atoms with Crippen LogP contribution in [0.5, 0.6) is 0 Å². The summed E-state index contributed by atoms with van der Waals surface area (Å²) in [5.41, 5.74) is 2.04. The monoisotopic (exact) mass is 255 g/mol. The predicted molar refractivity (Wildman–Crippen MR) is 72.8 cm³/mol. The fourth-order valence-electron chi connectivity index (χ4n) is 1.51. The van der Waals surface area contributed by atoms with E-state index in [1.165, 1.54) is 17.7 Å². The molecule has 1 atom stereocenters. The van der Waals surface area contributed by atoms with Crippen molar-refractivity contribution < 1.29 is 4.39 Å². The lowest BCUT2D eigenvalue weighted by Gasteiger charge is -2.14.